The van der Waals surface area contributed by atoms with E-state index in [-0.39, 0.29) is 13.0 Å². The number of amides is 2. The molecule has 0 aliphatic rings. The lowest BCUT2D eigenvalue weighted by molar-refractivity contribution is -0.139. The van der Waals surface area contributed by atoms with Crippen molar-refractivity contribution in [3.63, 3.8) is 0 Å². The Kier molecular flexibility index (Phi) is 5.06. The van der Waals surface area contributed by atoms with Crippen LogP contribution in [0.4, 0.5) is 10.5 Å². The van der Waals surface area contributed by atoms with E-state index in [0.29, 0.717) is 5.69 Å². The number of aryl methyl sites for hydroxylation is 1. The van der Waals surface area contributed by atoms with Crippen molar-refractivity contribution >= 4 is 17.7 Å². The van der Waals surface area contributed by atoms with Gasteiger partial charge in [0.15, 0.2) is 0 Å². The quantitative estimate of drug-likeness (QED) is 0.605. The van der Waals surface area contributed by atoms with Gasteiger partial charge in [-0.25, -0.2) is 9.59 Å². The summed E-state index contributed by atoms with van der Waals surface area (Å²) in [6, 6.07) is -0.0648. The van der Waals surface area contributed by atoms with E-state index in [1.165, 1.54) is 6.20 Å². The molecule has 18 heavy (non-hydrogen) atoms. The first kappa shape index (κ1) is 13.9. The number of carboxylic acid groups (broad SMARTS) is 1. The third-order valence-corrected chi connectivity index (χ3v) is 2.15. The molecule has 1 heterocycles. The van der Waals surface area contributed by atoms with E-state index in [2.05, 4.69) is 15.6 Å². The van der Waals surface area contributed by atoms with Crippen LogP contribution in [0.1, 0.15) is 12.0 Å². The molecule has 0 fully saturated rings. The summed E-state index contributed by atoms with van der Waals surface area (Å²) in [6.07, 6.45) is 3.04. The molecule has 0 radical (unpaired) electrons. The van der Waals surface area contributed by atoms with E-state index < -0.39 is 18.0 Å². The minimum atomic E-state index is -1.19. The Morgan fingerprint density at radius 1 is 1.44 bits per heavy atom. The third kappa shape index (κ3) is 4.38. The number of carbonyl (C=O) groups excluding carboxylic acids is 1. The smallest absolute Gasteiger partial charge is 0.326 e. The molecule has 0 aliphatic carbocycles. The van der Waals surface area contributed by atoms with Crippen LogP contribution >= 0.6 is 0 Å². The number of aliphatic hydroxyl groups excluding tert-OH is 1. The molecule has 1 rings (SSSR count). The number of nitrogens with one attached hydrogen (secondary N) is 2. The molecule has 1 aromatic heterocycles. The fraction of sp³-hybridized carbons (Fsp3) is 0.364. The molecule has 7 nitrogen and oxygen atoms in total. The van der Waals surface area contributed by atoms with E-state index in [9.17, 15) is 9.59 Å². The SMILES string of the molecule is Cc1cncc(NC(=O)N[C@H](CCO)C(=O)O)c1. The van der Waals surface area contributed by atoms with Gasteiger partial charge in [-0.3, -0.25) is 4.98 Å². The van der Waals surface area contributed by atoms with Crippen LogP contribution in [0.5, 0.6) is 0 Å². The molecule has 1 aromatic rings. The van der Waals surface area contributed by atoms with Gasteiger partial charge in [0.25, 0.3) is 0 Å². The molecule has 0 unspecified atom stereocenters. The lowest BCUT2D eigenvalue weighted by Crippen LogP contribution is -2.43. The molecule has 1 atom stereocenters. The maximum Gasteiger partial charge on any atom is 0.326 e. The zero-order chi connectivity index (χ0) is 13.5. The molecular weight excluding hydrogens is 238 g/mol. The minimum absolute atomic E-state index is 0.0468. The number of nitrogens with zero attached hydrogens (tertiary/aromatic N) is 1. The highest BCUT2D eigenvalue weighted by molar-refractivity contribution is 5.92. The van der Waals surface area contributed by atoms with Crippen molar-refractivity contribution in [3.8, 4) is 0 Å². The van der Waals surface area contributed by atoms with Crippen LogP contribution in [0.3, 0.4) is 0 Å². The lowest BCUT2D eigenvalue weighted by Gasteiger charge is -2.13. The Morgan fingerprint density at radius 3 is 2.72 bits per heavy atom. The topological polar surface area (TPSA) is 112 Å². The summed E-state index contributed by atoms with van der Waals surface area (Å²) in [5.41, 5.74) is 1.35. The van der Waals surface area contributed by atoms with Crippen molar-refractivity contribution in [2.45, 2.75) is 19.4 Å². The second-order valence-corrected chi connectivity index (χ2v) is 3.75. The number of carboxylic acids is 1. The number of carbonyl (C=O) groups is 2. The molecule has 0 saturated heterocycles. The van der Waals surface area contributed by atoms with Gasteiger partial charge in [-0.2, -0.15) is 0 Å². The summed E-state index contributed by atoms with van der Waals surface area (Å²) < 4.78 is 0. The molecule has 7 heteroatoms. The number of aliphatic hydroxyl groups is 1. The first-order valence-electron chi connectivity index (χ1n) is 5.35. The Morgan fingerprint density at radius 2 is 2.17 bits per heavy atom. The number of aliphatic carboxylic acids is 1. The Hall–Kier alpha value is -2.15. The van der Waals surface area contributed by atoms with E-state index in [1.807, 2.05) is 6.92 Å². The highest BCUT2D eigenvalue weighted by Crippen LogP contribution is 2.06. The maximum absolute atomic E-state index is 11.5. The molecule has 2 amide bonds. The predicted octanol–water partition coefficient (Wildman–Crippen LogP) is 0.347. The summed E-state index contributed by atoms with van der Waals surface area (Å²) in [6.45, 7) is 1.51. The van der Waals surface area contributed by atoms with Crippen LogP contribution in [0.25, 0.3) is 0 Å². The molecule has 4 N–H and O–H groups in total. The summed E-state index contributed by atoms with van der Waals surface area (Å²) in [5.74, 6) is -1.19. The van der Waals surface area contributed by atoms with Crippen LogP contribution in [-0.4, -0.2) is 39.8 Å². The highest BCUT2D eigenvalue weighted by Gasteiger charge is 2.19. The number of anilines is 1. The lowest BCUT2D eigenvalue weighted by atomic mass is 10.2. The Labute approximate surface area is 104 Å². The minimum Gasteiger partial charge on any atom is -0.480 e. The summed E-state index contributed by atoms with van der Waals surface area (Å²) >= 11 is 0. The monoisotopic (exact) mass is 253 g/mol. The fourth-order valence-corrected chi connectivity index (χ4v) is 1.34. The van der Waals surface area contributed by atoms with Crippen molar-refractivity contribution in [2.24, 2.45) is 0 Å². The van der Waals surface area contributed by atoms with Gasteiger partial charge in [-0.1, -0.05) is 0 Å². The number of urea groups is 1. The van der Waals surface area contributed by atoms with Crippen LogP contribution in [-0.2, 0) is 4.79 Å². The fourth-order valence-electron chi connectivity index (χ4n) is 1.34. The summed E-state index contributed by atoms with van der Waals surface area (Å²) in [7, 11) is 0. The van der Waals surface area contributed by atoms with Gasteiger partial charge in [-0.15, -0.1) is 0 Å². The predicted molar refractivity (Wildman–Crippen MR) is 64.3 cm³/mol. The number of hydrogen-bond donors (Lipinski definition) is 4. The molecule has 0 bridgehead atoms. The van der Waals surface area contributed by atoms with E-state index in [1.54, 1.807) is 12.3 Å². The van der Waals surface area contributed by atoms with Crippen molar-refractivity contribution in [1.29, 1.82) is 0 Å². The molecular formula is C11H15N3O4. The van der Waals surface area contributed by atoms with E-state index in [4.69, 9.17) is 10.2 Å². The average Bonchev–Trinajstić information content (AvgIpc) is 2.28. The van der Waals surface area contributed by atoms with Crippen molar-refractivity contribution in [1.82, 2.24) is 10.3 Å². The molecule has 0 aliphatic heterocycles. The standard InChI is InChI=1S/C11H15N3O4/c1-7-4-8(6-12-5-7)13-11(18)14-9(2-3-15)10(16)17/h4-6,9,15H,2-3H2,1H3,(H,16,17)(H2,13,14,18)/t9-/m1/s1. The number of aromatic nitrogens is 1. The van der Waals surface area contributed by atoms with Crippen LogP contribution < -0.4 is 10.6 Å². The summed E-state index contributed by atoms with van der Waals surface area (Å²) in [5, 5.41) is 22.2. The normalized spacial score (nSPS) is 11.7. The first-order chi connectivity index (χ1) is 8.52. The average molecular weight is 253 g/mol. The van der Waals surface area contributed by atoms with Crippen LogP contribution in [0, 0.1) is 6.92 Å². The zero-order valence-corrected chi connectivity index (χ0v) is 9.88. The van der Waals surface area contributed by atoms with Crippen molar-refractivity contribution in [2.75, 3.05) is 11.9 Å². The van der Waals surface area contributed by atoms with E-state index >= 15 is 0 Å². The molecule has 0 aromatic carbocycles. The second kappa shape index (κ2) is 6.55. The molecule has 0 saturated carbocycles. The number of rotatable bonds is 5. The van der Waals surface area contributed by atoms with Gasteiger partial charge in [0.1, 0.15) is 6.04 Å². The molecule has 98 valence electrons. The number of pyridine rings is 1. The maximum atomic E-state index is 11.5. The van der Waals surface area contributed by atoms with E-state index in [0.717, 1.165) is 5.56 Å². The molecule has 0 spiro atoms. The zero-order valence-electron chi connectivity index (χ0n) is 9.88. The summed E-state index contributed by atoms with van der Waals surface area (Å²) in [4.78, 5) is 26.2. The van der Waals surface area contributed by atoms with Crippen LogP contribution in [0.15, 0.2) is 18.5 Å². The van der Waals surface area contributed by atoms with Gasteiger partial charge in [0.2, 0.25) is 0 Å². The van der Waals surface area contributed by atoms with Gasteiger partial charge >= 0.3 is 12.0 Å². The van der Waals surface area contributed by atoms with Crippen molar-refractivity contribution < 1.29 is 19.8 Å². The highest BCUT2D eigenvalue weighted by atomic mass is 16.4. The van der Waals surface area contributed by atoms with Crippen LogP contribution in [0.2, 0.25) is 0 Å². The largest absolute Gasteiger partial charge is 0.480 e. The number of hydrogen-bond acceptors (Lipinski definition) is 4. The van der Waals surface area contributed by atoms with Gasteiger partial charge in [-0.05, 0) is 18.6 Å². The first-order valence-corrected chi connectivity index (χ1v) is 5.35. The van der Waals surface area contributed by atoms with Gasteiger partial charge in [0, 0.05) is 19.2 Å². The second-order valence-electron chi connectivity index (χ2n) is 3.75. The van der Waals surface area contributed by atoms with Gasteiger partial charge in [0.05, 0.1) is 11.9 Å². The van der Waals surface area contributed by atoms with Crippen molar-refractivity contribution in [3.05, 3.63) is 24.0 Å². The Balaban J connectivity index is 2.57. The third-order valence-electron chi connectivity index (χ3n) is 2.15. The Bertz CT molecular complexity index is 436. The van der Waals surface area contributed by atoms with Gasteiger partial charge < -0.3 is 20.8 Å².